The van der Waals surface area contributed by atoms with Crippen LogP contribution in [-0.4, -0.2) is 37.6 Å². The van der Waals surface area contributed by atoms with E-state index in [0.29, 0.717) is 30.9 Å². The first kappa shape index (κ1) is 18.0. The van der Waals surface area contributed by atoms with Crippen LogP contribution >= 0.6 is 0 Å². The summed E-state index contributed by atoms with van der Waals surface area (Å²) in [5.41, 5.74) is 1.87. The van der Waals surface area contributed by atoms with E-state index in [1.165, 1.54) is 24.3 Å². The fourth-order valence-corrected chi connectivity index (χ4v) is 2.55. The van der Waals surface area contributed by atoms with Crippen LogP contribution in [-0.2, 0) is 16.1 Å². The van der Waals surface area contributed by atoms with E-state index >= 15 is 0 Å². The standard InChI is InChI=1S/C19H20FN3O3/c20-15-5-7-16(8-6-15)23-18(24)14-3-1-13(2-4-14)11-22-19(25)17-12-21-9-10-26-17/h1-8,17,21H,9-12H2,(H,22,25)(H,23,24). The summed E-state index contributed by atoms with van der Waals surface area (Å²) in [6.45, 7) is 2.15. The molecule has 3 rings (SSSR count). The van der Waals surface area contributed by atoms with Crippen molar-refractivity contribution in [1.29, 1.82) is 0 Å². The van der Waals surface area contributed by atoms with Crippen molar-refractivity contribution < 1.29 is 18.7 Å². The number of nitrogens with one attached hydrogen (secondary N) is 3. The van der Waals surface area contributed by atoms with Gasteiger partial charge in [0, 0.05) is 30.9 Å². The van der Waals surface area contributed by atoms with Gasteiger partial charge in [-0.05, 0) is 42.0 Å². The number of rotatable bonds is 5. The van der Waals surface area contributed by atoms with Crippen LogP contribution < -0.4 is 16.0 Å². The summed E-state index contributed by atoms with van der Waals surface area (Å²) >= 11 is 0. The smallest absolute Gasteiger partial charge is 0.255 e. The van der Waals surface area contributed by atoms with Gasteiger partial charge in [-0.25, -0.2) is 4.39 Å². The average Bonchev–Trinajstić information content (AvgIpc) is 2.69. The highest BCUT2D eigenvalue weighted by atomic mass is 19.1. The topological polar surface area (TPSA) is 79.5 Å². The molecule has 0 aromatic heterocycles. The van der Waals surface area contributed by atoms with Crippen molar-refractivity contribution >= 4 is 17.5 Å². The van der Waals surface area contributed by atoms with Crippen molar-refractivity contribution in [1.82, 2.24) is 10.6 Å². The minimum Gasteiger partial charge on any atom is -0.366 e. The summed E-state index contributed by atoms with van der Waals surface area (Å²) in [4.78, 5) is 24.2. The molecule has 1 unspecified atom stereocenters. The lowest BCUT2D eigenvalue weighted by Gasteiger charge is -2.22. The van der Waals surface area contributed by atoms with Crippen LogP contribution in [0.1, 0.15) is 15.9 Å². The second-order valence-electron chi connectivity index (χ2n) is 5.94. The van der Waals surface area contributed by atoms with E-state index in [9.17, 15) is 14.0 Å². The number of anilines is 1. The zero-order valence-corrected chi connectivity index (χ0v) is 14.1. The van der Waals surface area contributed by atoms with E-state index in [2.05, 4.69) is 16.0 Å². The van der Waals surface area contributed by atoms with Crippen molar-refractivity contribution in [3.05, 3.63) is 65.5 Å². The molecular weight excluding hydrogens is 337 g/mol. The largest absolute Gasteiger partial charge is 0.366 e. The second-order valence-corrected chi connectivity index (χ2v) is 5.94. The molecule has 26 heavy (non-hydrogen) atoms. The molecule has 1 aliphatic rings. The number of morpholine rings is 1. The fourth-order valence-electron chi connectivity index (χ4n) is 2.55. The van der Waals surface area contributed by atoms with Gasteiger partial charge < -0.3 is 20.7 Å². The van der Waals surface area contributed by atoms with Crippen LogP contribution in [0.25, 0.3) is 0 Å². The molecular formula is C19H20FN3O3. The first-order chi connectivity index (χ1) is 12.6. The maximum Gasteiger partial charge on any atom is 0.255 e. The second kappa shape index (κ2) is 8.55. The van der Waals surface area contributed by atoms with E-state index in [-0.39, 0.29) is 17.6 Å². The summed E-state index contributed by atoms with van der Waals surface area (Å²) in [5.74, 6) is -0.798. The normalized spacial score (nSPS) is 16.7. The lowest BCUT2D eigenvalue weighted by Crippen LogP contribution is -2.47. The Balaban J connectivity index is 1.51. The van der Waals surface area contributed by atoms with Gasteiger partial charge in [0.25, 0.3) is 11.8 Å². The van der Waals surface area contributed by atoms with Gasteiger partial charge in [-0.1, -0.05) is 12.1 Å². The average molecular weight is 357 g/mol. The van der Waals surface area contributed by atoms with Crippen molar-refractivity contribution in [2.24, 2.45) is 0 Å². The van der Waals surface area contributed by atoms with E-state index in [1.54, 1.807) is 24.3 Å². The molecule has 3 N–H and O–H groups in total. The van der Waals surface area contributed by atoms with E-state index in [0.717, 1.165) is 12.1 Å². The SMILES string of the molecule is O=C(Nc1ccc(F)cc1)c1ccc(CNC(=O)C2CNCCO2)cc1. The van der Waals surface area contributed by atoms with Crippen LogP contribution in [0.15, 0.2) is 48.5 Å². The Morgan fingerprint density at radius 3 is 2.50 bits per heavy atom. The van der Waals surface area contributed by atoms with Gasteiger partial charge >= 0.3 is 0 Å². The molecule has 1 saturated heterocycles. The quantitative estimate of drug-likeness (QED) is 0.761. The number of amides is 2. The third kappa shape index (κ3) is 4.87. The van der Waals surface area contributed by atoms with Gasteiger partial charge in [0.1, 0.15) is 11.9 Å². The molecule has 2 amide bonds. The first-order valence-corrected chi connectivity index (χ1v) is 8.38. The summed E-state index contributed by atoms with van der Waals surface area (Å²) in [6, 6.07) is 12.5. The number of carbonyl (C=O) groups excluding carboxylic acids is 2. The van der Waals surface area contributed by atoms with Crippen molar-refractivity contribution in [2.45, 2.75) is 12.6 Å². The van der Waals surface area contributed by atoms with Crippen molar-refractivity contribution in [3.8, 4) is 0 Å². The Kier molecular flexibility index (Phi) is 5.93. The van der Waals surface area contributed by atoms with Crippen LogP contribution in [0.3, 0.4) is 0 Å². The van der Waals surface area contributed by atoms with E-state index < -0.39 is 6.10 Å². The lowest BCUT2D eigenvalue weighted by molar-refractivity contribution is -0.134. The number of halogens is 1. The molecule has 2 aromatic rings. The molecule has 7 heteroatoms. The minimum atomic E-state index is -0.468. The van der Waals surface area contributed by atoms with Gasteiger partial charge in [0.15, 0.2) is 0 Å². The number of carbonyl (C=O) groups is 2. The number of hydrogen-bond donors (Lipinski definition) is 3. The summed E-state index contributed by atoms with van der Waals surface area (Å²) < 4.78 is 18.3. The van der Waals surface area contributed by atoms with Gasteiger partial charge in [-0.3, -0.25) is 9.59 Å². The molecule has 0 radical (unpaired) electrons. The highest BCUT2D eigenvalue weighted by molar-refractivity contribution is 6.04. The monoisotopic (exact) mass is 357 g/mol. The Morgan fingerprint density at radius 1 is 1.12 bits per heavy atom. The fraction of sp³-hybridized carbons (Fsp3) is 0.263. The molecule has 1 atom stereocenters. The molecule has 1 fully saturated rings. The van der Waals surface area contributed by atoms with Gasteiger partial charge in [-0.2, -0.15) is 0 Å². The zero-order chi connectivity index (χ0) is 18.4. The Bertz CT molecular complexity index is 757. The molecule has 1 heterocycles. The predicted octanol–water partition coefficient (Wildman–Crippen LogP) is 1.68. The maximum atomic E-state index is 12.9. The molecule has 0 aliphatic carbocycles. The van der Waals surface area contributed by atoms with E-state index in [1.807, 2.05) is 0 Å². The molecule has 1 aliphatic heterocycles. The lowest BCUT2D eigenvalue weighted by atomic mass is 10.1. The first-order valence-electron chi connectivity index (χ1n) is 8.38. The molecule has 136 valence electrons. The predicted molar refractivity (Wildman–Crippen MR) is 95.3 cm³/mol. The summed E-state index contributed by atoms with van der Waals surface area (Å²) in [7, 11) is 0. The van der Waals surface area contributed by atoms with Gasteiger partial charge in [-0.15, -0.1) is 0 Å². The van der Waals surface area contributed by atoms with Crippen LogP contribution in [0.5, 0.6) is 0 Å². The van der Waals surface area contributed by atoms with Gasteiger partial charge in [0.2, 0.25) is 0 Å². The van der Waals surface area contributed by atoms with Crippen LogP contribution in [0, 0.1) is 5.82 Å². The third-order valence-corrected chi connectivity index (χ3v) is 4.00. The minimum absolute atomic E-state index is 0.157. The zero-order valence-electron chi connectivity index (χ0n) is 14.1. The highest BCUT2D eigenvalue weighted by Crippen LogP contribution is 2.11. The number of benzene rings is 2. The number of hydrogen-bond acceptors (Lipinski definition) is 4. The van der Waals surface area contributed by atoms with Crippen molar-refractivity contribution in [3.63, 3.8) is 0 Å². The highest BCUT2D eigenvalue weighted by Gasteiger charge is 2.21. The van der Waals surface area contributed by atoms with E-state index in [4.69, 9.17) is 4.74 Å². The summed E-state index contributed by atoms with van der Waals surface area (Å²) in [6.07, 6.45) is -0.468. The molecule has 0 bridgehead atoms. The Hall–Kier alpha value is -2.77. The van der Waals surface area contributed by atoms with Crippen molar-refractivity contribution in [2.75, 3.05) is 25.0 Å². The molecule has 2 aromatic carbocycles. The number of ether oxygens (including phenoxy) is 1. The van der Waals surface area contributed by atoms with Crippen LogP contribution in [0.2, 0.25) is 0 Å². The van der Waals surface area contributed by atoms with Gasteiger partial charge in [0.05, 0.1) is 6.61 Å². The third-order valence-electron chi connectivity index (χ3n) is 4.00. The Labute approximate surface area is 150 Å². The maximum absolute atomic E-state index is 12.9. The Morgan fingerprint density at radius 2 is 1.85 bits per heavy atom. The molecule has 0 saturated carbocycles. The molecule has 6 nitrogen and oxygen atoms in total. The summed E-state index contributed by atoms with van der Waals surface area (Å²) in [5, 5.41) is 8.63. The molecule has 0 spiro atoms. The van der Waals surface area contributed by atoms with Crippen LogP contribution in [0.4, 0.5) is 10.1 Å².